The van der Waals surface area contributed by atoms with Crippen molar-refractivity contribution >= 4 is 11.8 Å². The summed E-state index contributed by atoms with van der Waals surface area (Å²) < 4.78 is 0. The Kier molecular flexibility index (Phi) is 4.18. The molecule has 1 aliphatic carbocycles. The van der Waals surface area contributed by atoms with Crippen molar-refractivity contribution in [3.05, 3.63) is 0 Å². The maximum atomic E-state index is 6.31. The number of thioether (sulfide) groups is 1. The van der Waals surface area contributed by atoms with E-state index in [1.807, 2.05) is 0 Å². The maximum absolute atomic E-state index is 6.31. The summed E-state index contributed by atoms with van der Waals surface area (Å²) >= 11 is 2.13. The molecule has 1 aliphatic heterocycles. The van der Waals surface area contributed by atoms with Crippen LogP contribution in [0.4, 0.5) is 0 Å². The van der Waals surface area contributed by atoms with E-state index >= 15 is 0 Å². The molecule has 0 aromatic rings. The molecule has 2 fully saturated rings. The Morgan fingerprint density at radius 3 is 2.43 bits per heavy atom. The van der Waals surface area contributed by atoms with E-state index in [0.29, 0.717) is 6.04 Å². The summed E-state index contributed by atoms with van der Waals surface area (Å²) in [6.07, 6.45) is 11.3. The van der Waals surface area contributed by atoms with Gasteiger partial charge in [-0.1, -0.05) is 32.1 Å². The second-order valence-electron chi connectivity index (χ2n) is 4.96. The van der Waals surface area contributed by atoms with E-state index in [-0.39, 0.29) is 0 Å². The van der Waals surface area contributed by atoms with Gasteiger partial charge in [0.1, 0.15) is 0 Å². The van der Waals surface area contributed by atoms with Crippen molar-refractivity contribution in [3.63, 3.8) is 0 Å². The summed E-state index contributed by atoms with van der Waals surface area (Å²) in [6, 6.07) is 0.489. The van der Waals surface area contributed by atoms with Crippen LogP contribution in [-0.2, 0) is 0 Å². The minimum absolute atomic E-state index is 0.489. The van der Waals surface area contributed by atoms with Crippen molar-refractivity contribution in [1.82, 2.24) is 0 Å². The molecule has 2 rings (SSSR count). The normalized spacial score (nSPS) is 31.9. The van der Waals surface area contributed by atoms with E-state index in [9.17, 15) is 0 Å². The van der Waals surface area contributed by atoms with Crippen LogP contribution in [0, 0.1) is 5.92 Å². The maximum Gasteiger partial charge on any atom is 0.0199 e. The molecule has 2 heteroatoms. The van der Waals surface area contributed by atoms with Gasteiger partial charge in [-0.25, -0.2) is 0 Å². The zero-order valence-corrected chi connectivity index (χ0v) is 9.90. The molecule has 2 atom stereocenters. The lowest BCUT2D eigenvalue weighted by molar-refractivity contribution is 0.420. The van der Waals surface area contributed by atoms with E-state index in [0.717, 1.165) is 11.2 Å². The van der Waals surface area contributed by atoms with Gasteiger partial charge in [-0.3, -0.25) is 0 Å². The number of rotatable bonds is 3. The predicted octanol–water partition coefficient (Wildman–Crippen LogP) is 3.18. The molecule has 2 N–H and O–H groups in total. The molecule has 0 aromatic carbocycles. The molecule has 2 aliphatic rings. The second-order valence-corrected chi connectivity index (χ2v) is 6.30. The quantitative estimate of drug-likeness (QED) is 0.779. The first-order valence-corrected chi connectivity index (χ1v) is 7.28. The van der Waals surface area contributed by atoms with Gasteiger partial charge < -0.3 is 5.73 Å². The van der Waals surface area contributed by atoms with Crippen molar-refractivity contribution in [2.45, 2.75) is 62.7 Å². The van der Waals surface area contributed by atoms with Gasteiger partial charge in [-0.15, -0.1) is 0 Å². The van der Waals surface area contributed by atoms with Gasteiger partial charge >= 0.3 is 0 Å². The first-order chi connectivity index (χ1) is 6.86. The highest BCUT2D eigenvalue weighted by Gasteiger charge is 2.25. The standard InChI is InChI=1S/C12H23NS/c13-11(9-10-5-1-2-6-10)12-7-3-4-8-14-12/h10-12H,1-9,13H2. The molecule has 1 nitrogen and oxygen atoms in total. The van der Waals surface area contributed by atoms with Gasteiger partial charge in [0, 0.05) is 11.3 Å². The average Bonchev–Trinajstić information content (AvgIpc) is 2.72. The number of nitrogens with two attached hydrogens (primary N) is 1. The highest BCUT2D eigenvalue weighted by Crippen LogP contribution is 2.33. The third-order valence-corrected chi connectivity index (χ3v) is 5.31. The molecular weight excluding hydrogens is 190 g/mol. The van der Waals surface area contributed by atoms with Crippen molar-refractivity contribution in [1.29, 1.82) is 0 Å². The molecule has 0 aromatic heterocycles. The summed E-state index contributed by atoms with van der Waals surface area (Å²) in [5, 5.41) is 0.782. The van der Waals surface area contributed by atoms with Crippen LogP contribution in [0.1, 0.15) is 51.4 Å². The topological polar surface area (TPSA) is 26.0 Å². The Morgan fingerprint density at radius 2 is 1.79 bits per heavy atom. The third kappa shape index (κ3) is 2.90. The van der Waals surface area contributed by atoms with Crippen LogP contribution in [0.3, 0.4) is 0 Å². The van der Waals surface area contributed by atoms with Gasteiger partial charge in [-0.05, 0) is 30.9 Å². The van der Waals surface area contributed by atoms with Crippen LogP contribution in [0.25, 0.3) is 0 Å². The van der Waals surface area contributed by atoms with Crippen molar-refractivity contribution in [3.8, 4) is 0 Å². The monoisotopic (exact) mass is 213 g/mol. The lowest BCUT2D eigenvalue weighted by Gasteiger charge is -2.28. The SMILES string of the molecule is NC(CC1CCCC1)C1CCCCS1. The Balaban J connectivity index is 1.72. The average molecular weight is 213 g/mol. The molecular formula is C12H23NS. The summed E-state index contributed by atoms with van der Waals surface area (Å²) in [4.78, 5) is 0. The third-order valence-electron chi connectivity index (χ3n) is 3.77. The first kappa shape index (κ1) is 10.8. The van der Waals surface area contributed by atoms with E-state index in [2.05, 4.69) is 11.8 Å². The van der Waals surface area contributed by atoms with Gasteiger partial charge in [0.2, 0.25) is 0 Å². The Bertz CT molecular complexity index is 160. The fourth-order valence-corrected chi connectivity index (χ4v) is 4.25. The number of hydrogen-bond donors (Lipinski definition) is 1. The van der Waals surface area contributed by atoms with Gasteiger partial charge in [0.05, 0.1) is 0 Å². The summed E-state index contributed by atoms with van der Waals surface area (Å²) in [5.41, 5.74) is 6.31. The van der Waals surface area contributed by atoms with Crippen molar-refractivity contribution in [2.24, 2.45) is 11.7 Å². The van der Waals surface area contributed by atoms with Gasteiger partial charge in [0.25, 0.3) is 0 Å². The lowest BCUT2D eigenvalue weighted by Crippen LogP contribution is -2.35. The van der Waals surface area contributed by atoms with E-state index < -0.39 is 0 Å². The van der Waals surface area contributed by atoms with E-state index in [1.54, 1.807) is 0 Å². The first-order valence-electron chi connectivity index (χ1n) is 6.23. The molecule has 2 unspecified atom stereocenters. The largest absolute Gasteiger partial charge is 0.327 e. The van der Waals surface area contributed by atoms with E-state index in [1.165, 1.54) is 57.1 Å². The van der Waals surface area contributed by atoms with Crippen LogP contribution >= 0.6 is 11.8 Å². The predicted molar refractivity (Wildman–Crippen MR) is 64.6 cm³/mol. The zero-order valence-electron chi connectivity index (χ0n) is 9.08. The highest BCUT2D eigenvalue weighted by atomic mass is 32.2. The van der Waals surface area contributed by atoms with Crippen LogP contribution in [0.5, 0.6) is 0 Å². The fraction of sp³-hybridized carbons (Fsp3) is 1.00. The second kappa shape index (κ2) is 5.41. The Hall–Kier alpha value is 0.310. The minimum Gasteiger partial charge on any atom is -0.327 e. The minimum atomic E-state index is 0.489. The molecule has 0 radical (unpaired) electrons. The molecule has 14 heavy (non-hydrogen) atoms. The smallest absolute Gasteiger partial charge is 0.0199 e. The summed E-state index contributed by atoms with van der Waals surface area (Å²) in [6.45, 7) is 0. The zero-order chi connectivity index (χ0) is 9.80. The molecule has 0 bridgehead atoms. The highest BCUT2D eigenvalue weighted by molar-refractivity contribution is 8.00. The Morgan fingerprint density at radius 1 is 1.07 bits per heavy atom. The van der Waals surface area contributed by atoms with Crippen LogP contribution in [-0.4, -0.2) is 17.0 Å². The Labute approximate surface area is 92.2 Å². The van der Waals surface area contributed by atoms with Crippen LogP contribution in [0.2, 0.25) is 0 Å². The number of hydrogen-bond acceptors (Lipinski definition) is 2. The molecule has 0 spiro atoms. The molecule has 1 saturated heterocycles. The van der Waals surface area contributed by atoms with Gasteiger partial charge in [-0.2, -0.15) is 11.8 Å². The van der Waals surface area contributed by atoms with E-state index in [4.69, 9.17) is 5.73 Å². The lowest BCUT2D eigenvalue weighted by atomic mass is 9.95. The molecule has 0 amide bonds. The molecule has 82 valence electrons. The van der Waals surface area contributed by atoms with Crippen LogP contribution < -0.4 is 5.73 Å². The molecule has 1 saturated carbocycles. The van der Waals surface area contributed by atoms with Crippen LogP contribution in [0.15, 0.2) is 0 Å². The van der Waals surface area contributed by atoms with Crippen molar-refractivity contribution < 1.29 is 0 Å². The van der Waals surface area contributed by atoms with Gasteiger partial charge in [0.15, 0.2) is 0 Å². The summed E-state index contributed by atoms with van der Waals surface area (Å²) in [5.74, 6) is 2.32. The summed E-state index contributed by atoms with van der Waals surface area (Å²) in [7, 11) is 0. The fourth-order valence-electron chi connectivity index (χ4n) is 2.89. The molecule has 1 heterocycles. The van der Waals surface area contributed by atoms with Crippen molar-refractivity contribution in [2.75, 3.05) is 5.75 Å².